The lowest BCUT2D eigenvalue weighted by Crippen LogP contribution is -2.51. The molecule has 0 radical (unpaired) electrons. The number of hydrogen-bond acceptors (Lipinski definition) is 9. The van der Waals surface area contributed by atoms with Gasteiger partial charge >= 0.3 is 23.9 Å². The average molecular weight is 571 g/mol. The lowest BCUT2D eigenvalue weighted by Gasteiger charge is -2.45. The fourth-order valence-corrected chi connectivity index (χ4v) is 6.96. The SMILES string of the molecule is C/C=C/CCCCC[C@H]1C=C2[C@@]3(CC(=O)O)CC4=C(C(=O)OC4=O)[C@@H]([C@@H]1C[C@@H](O)C(=O)CC/C=C/C)[C@@]2(O)OC3=O. The Kier molecular flexibility index (Phi) is 9.13. The highest BCUT2D eigenvalue weighted by Crippen LogP contribution is 2.64. The lowest BCUT2D eigenvalue weighted by molar-refractivity contribution is -0.206. The Labute approximate surface area is 238 Å². The smallest absolute Gasteiger partial charge is 0.343 e. The van der Waals surface area contributed by atoms with Crippen LogP contribution in [0.5, 0.6) is 0 Å². The summed E-state index contributed by atoms with van der Waals surface area (Å²) in [4.78, 5) is 64.1. The topological polar surface area (TPSA) is 164 Å². The van der Waals surface area contributed by atoms with Gasteiger partial charge in [-0.1, -0.05) is 43.2 Å². The number of carbonyl (C=O) groups is 5. The molecule has 0 aromatic carbocycles. The summed E-state index contributed by atoms with van der Waals surface area (Å²) in [5.41, 5.74) is -2.19. The van der Waals surface area contributed by atoms with Crippen LogP contribution in [0.15, 0.2) is 47.1 Å². The highest BCUT2D eigenvalue weighted by Gasteiger charge is 2.72. The first kappa shape index (κ1) is 30.6. The lowest BCUT2D eigenvalue weighted by atomic mass is 9.61. The van der Waals surface area contributed by atoms with Gasteiger partial charge in [-0.15, -0.1) is 0 Å². The van der Waals surface area contributed by atoms with Gasteiger partial charge in [0.05, 0.1) is 23.5 Å². The summed E-state index contributed by atoms with van der Waals surface area (Å²) >= 11 is 0. The van der Waals surface area contributed by atoms with E-state index in [1.54, 1.807) is 12.2 Å². The molecule has 0 amide bonds. The number of allylic oxidation sites excluding steroid dienone is 5. The Balaban J connectivity index is 1.80. The number of ether oxygens (including phenoxy) is 2. The quantitative estimate of drug-likeness (QED) is 0.122. The standard InChI is InChI=1S/C31H38O10/c1-3-5-7-8-9-11-12-18-14-23-30(17-24(34)35)16-20-25(28(37)40-27(20)36)26(31(23,39)41-29(30)38)19(18)15-22(33)21(32)13-10-6-4-2/h3-6,14,18-19,22,26,33,39H,7-13,15-17H2,1-2H3,(H,34,35)/b5-3+,6-4+/t18-,19+,22+,26+,30-,31-/m0/s1. The molecule has 6 atom stereocenters. The predicted octanol–water partition coefficient (Wildman–Crippen LogP) is 3.47. The number of Topliss-reactive ketones (excluding diaryl/α,β-unsaturated/α-hetero) is 1. The molecule has 2 heterocycles. The molecule has 0 saturated carbocycles. The third kappa shape index (κ3) is 5.59. The van der Waals surface area contributed by atoms with E-state index in [1.165, 1.54) is 0 Å². The zero-order chi connectivity index (χ0) is 29.9. The number of hydrogen-bond donors (Lipinski definition) is 3. The molecule has 2 aliphatic heterocycles. The van der Waals surface area contributed by atoms with Crippen LogP contribution in [-0.4, -0.2) is 56.9 Å². The molecule has 4 aliphatic rings. The van der Waals surface area contributed by atoms with E-state index in [1.807, 2.05) is 26.0 Å². The minimum absolute atomic E-state index is 0.0291. The maximum atomic E-state index is 13.4. The van der Waals surface area contributed by atoms with Crippen molar-refractivity contribution in [3.8, 4) is 0 Å². The number of esters is 3. The molecule has 222 valence electrons. The van der Waals surface area contributed by atoms with Gasteiger partial charge in [0.25, 0.3) is 0 Å². The van der Waals surface area contributed by atoms with E-state index in [0.717, 1.165) is 25.7 Å². The van der Waals surface area contributed by atoms with Crippen LogP contribution in [0.3, 0.4) is 0 Å². The molecule has 10 heteroatoms. The third-order valence-electron chi connectivity index (χ3n) is 8.84. The van der Waals surface area contributed by atoms with E-state index >= 15 is 0 Å². The Morgan fingerprint density at radius 2 is 1.78 bits per heavy atom. The van der Waals surface area contributed by atoms with Gasteiger partial charge in [0, 0.05) is 18.4 Å². The molecule has 0 aromatic heterocycles. The molecule has 4 bridgehead atoms. The number of fused-ring (bicyclic) bond motifs is 1. The van der Waals surface area contributed by atoms with E-state index in [9.17, 15) is 39.3 Å². The van der Waals surface area contributed by atoms with Gasteiger partial charge in [0.1, 0.15) is 11.5 Å². The highest BCUT2D eigenvalue weighted by atomic mass is 16.7. The van der Waals surface area contributed by atoms with E-state index in [-0.39, 0.29) is 29.6 Å². The van der Waals surface area contributed by atoms with Crippen LogP contribution < -0.4 is 0 Å². The highest BCUT2D eigenvalue weighted by molar-refractivity contribution is 6.14. The van der Waals surface area contributed by atoms with Crippen LogP contribution >= 0.6 is 0 Å². The minimum atomic E-state index is -2.42. The van der Waals surface area contributed by atoms with Gasteiger partial charge in [-0.2, -0.15) is 0 Å². The number of rotatable bonds is 14. The largest absolute Gasteiger partial charge is 0.481 e. The molecule has 1 saturated heterocycles. The summed E-state index contributed by atoms with van der Waals surface area (Å²) in [6.45, 7) is 3.77. The Hall–Kier alpha value is -3.37. The molecule has 0 aromatic rings. The van der Waals surface area contributed by atoms with Crippen LogP contribution in [0.2, 0.25) is 0 Å². The van der Waals surface area contributed by atoms with Crippen LogP contribution in [-0.2, 0) is 33.4 Å². The Morgan fingerprint density at radius 3 is 2.46 bits per heavy atom. The number of aliphatic carboxylic acids is 1. The number of aliphatic hydroxyl groups excluding tert-OH is 1. The van der Waals surface area contributed by atoms with E-state index in [0.29, 0.717) is 12.8 Å². The number of unbranched alkanes of at least 4 members (excludes halogenated alkanes) is 3. The molecule has 0 spiro atoms. The summed E-state index contributed by atoms with van der Waals surface area (Å²) in [5, 5.41) is 32.8. The maximum absolute atomic E-state index is 13.4. The number of carboxylic acids is 1. The predicted molar refractivity (Wildman–Crippen MR) is 145 cm³/mol. The normalized spacial score (nSPS) is 31.3. The zero-order valence-corrected chi connectivity index (χ0v) is 23.5. The second-order valence-electron chi connectivity index (χ2n) is 11.4. The Bertz CT molecular complexity index is 1240. The van der Waals surface area contributed by atoms with Crippen molar-refractivity contribution in [1.82, 2.24) is 0 Å². The average Bonchev–Trinajstić information content (AvgIpc) is 3.26. The summed E-state index contributed by atoms with van der Waals surface area (Å²) in [6, 6.07) is 0. The minimum Gasteiger partial charge on any atom is -0.481 e. The van der Waals surface area contributed by atoms with Gasteiger partial charge in [0.15, 0.2) is 5.78 Å². The first-order chi connectivity index (χ1) is 19.5. The van der Waals surface area contributed by atoms with Gasteiger partial charge in [-0.25, -0.2) is 9.59 Å². The summed E-state index contributed by atoms with van der Waals surface area (Å²) in [7, 11) is 0. The van der Waals surface area contributed by atoms with E-state index < -0.39 is 77.6 Å². The van der Waals surface area contributed by atoms with Crippen LogP contribution in [0.1, 0.15) is 78.1 Å². The van der Waals surface area contributed by atoms with Crippen molar-refractivity contribution in [3.05, 3.63) is 47.1 Å². The van der Waals surface area contributed by atoms with Crippen LogP contribution in [0.25, 0.3) is 0 Å². The first-order valence-electron chi connectivity index (χ1n) is 14.3. The molecule has 10 nitrogen and oxygen atoms in total. The third-order valence-corrected chi connectivity index (χ3v) is 8.84. The summed E-state index contributed by atoms with van der Waals surface area (Å²) in [5.74, 6) is -9.70. The van der Waals surface area contributed by atoms with E-state index in [4.69, 9.17) is 9.47 Å². The summed E-state index contributed by atoms with van der Waals surface area (Å²) < 4.78 is 10.4. The van der Waals surface area contributed by atoms with Gasteiger partial charge in [-0.3, -0.25) is 14.4 Å². The van der Waals surface area contributed by atoms with Crippen LogP contribution in [0, 0.1) is 23.2 Å². The molecule has 0 unspecified atom stereocenters. The van der Waals surface area contributed by atoms with Crippen molar-refractivity contribution in [2.75, 3.05) is 0 Å². The molecule has 3 N–H and O–H groups in total. The van der Waals surface area contributed by atoms with Gasteiger partial charge < -0.3 is 24.8 Å². The number of carbonyl (C=O) groups excluding carboxylic acids is 4. The molecule has 1 fully saturated rings. The Morgan fingerprint density at radius 1 is 1.07 bits per heavy atom. The van der Waals surface area contributed by atoms with E-state index in [2.05, 4.69) is 6.08 Å². The zero-order valence-electron chi connectivity index (χ0n) is 23.5. The second kappa shape index (κ2) is 12.2. The van der Waals surface area contributed by atoms with Gasteiger partial charge in [-0.05, 0) is 57.8 Å². The fraction of sp³-hybridized carbons (Fsp3) is 0.581. The second-order valence-corrected chi connectivity index (χ2v) is 11.4. The molecule has 2 aliphatic carbocycles. The van der Waals surface area contributed by atoms with Crippen molar-refractivity contribution in [2.24, 2.45) is 23.2 Å². The number of ketones is 1. The monoisotopic (exact) mass is 570 g/mol. The molecular weight excluding hydrogens is 532 g/mol. The first-order valence-corrected chi connectivity index (χ1v) is 14.3. The van der Waals surface area contributed by atoms with Crippen molar-refractivity contribution in [1.29, 1.82) is 0 Å². The van der Waals surface area contributed by atoms with Crippen molar-refractivity contribution < 1.29 is 48.8 Å². The molecule has 41 heavy (non-hydrogen) atoms. The summed E-state index contributed by atoms with van der Waals surface area (Å²) in [6.07, 6.45) is 11.0. The van der Waals surface area contributed by atoms with Gasteiger partial charge in [0.2, 0.25) is 5.79 Å². The molecule has 4 rings (SSSR count). The van der Waals surface area contributed by atoms with Crippen molar-refractivity contribution in [3.63, 3.8) is 0 Å². The number of aliphatic hydroxyl groups is 2. The number of cyclic esters (lactones) is 2. The van der Waals surface area contributed by atoms with Crippen LogP contribution in [0.4, 0.5) is 0 Å². The number of carboxylic acid groups (broad SMARTS) is 1. The van der Waals surface area contributed by atoms with Crippen molar-refractivity contribution >= 4 is 29.7 Å². The molecular formula is C31H38O10. The van der Waals surface area contributed by atoms with Crippen molar-refractivity contribution in [2.45, 2.75) is 89.9 Å². The fourth-order valence-electron chi connectivity index (χ4n) is 6.96. The maximum Gasteiger partial charge on any atom is 0.343 e.